The summed E-state index contributed by atoms with van der Waals surface area (Å²) in [5, 5.41) is -0.278. The van der Waals surface area contributed by atoms with Crippen LogP contribution in [0, 0.1) is 0 Å². The van der Waals surface area contributed by atoms with Gasteiger partial charge in [-0.15, -0.1) is 0 Å². The number of sulfonamides is 1. The van der Waals surface area contributed by atoms with Crippen LogP contribution in [0.15, 0.2) is 47.4 Å². The molecule has 0 unspecified atom stereocenters. The molecule has 0 bridgehead atoms. The van der Waals surface area contributed by atoms with Crippen molar-refractivity contribution >= 4 is 32.7 Å². The Labute approximate surface area is 173 Å². The lowest BCUT2D eigenvalue weighted by Gasteiger charge is -2.17. The number of hydrogen-bond donors (Lipinski definition) is 1. The van der Waals surface area contributed by atoms with Gasteiger partial charge in [-0.05, 0) is 30.3 Å². The summed E-state index contributed by atoms with van der Waals surface area (Å²) in [4.78, 5) is 3.12. The first-order chi connectivity index (χ1) is 13.9. The zero-order valence-corrected chi connectivity index (χ0v) is 16.9. The highest BCUT2D eigenvalue weighted by Gasteiger charge is 2.37. The van der Waals surface area contributed by atoms with E-state index in [0.717, 1.165) is 12.1 Å². The second kappa shape index (κ2) is 8.12. The molecule has 1 heterocycles. The lowest BCUT2D eigenvalue weighted by atomic mass is 10.2. The van der Waals surface area contributed by atoms with E-state index >= 15 is 0 Å². The topological polar surface area (TPSA) is 64.0 Å². The van der Waals surface area contributed by atoms with E-state index in [4.69, 9.17) is 11.6 Å². The van der Waals surface area contributed by atoms with Crippen LogP contribution in [0.2, 0.25) is 5.02 Å². The summed E-state index contributed by atoms with van der Waals surface area (Å²) in [5.74, 6) is -0.955. The molecular formula is C18H15ClF5N3O2S. The number of fused-ring (bicyclic) bond motifs is 1. The SMILES string of the molecule is C[C@H](CNS(=O)(=O)c1ccc(Cl)cc1C(F)(F)F)c1nc2ccccc2n1C(F)F. The van der Waals surface area contributed by atoms with E-state index < -0.39 is 45.7 Å². The van der Waals surface area contributed by atoms with Gasteiger partial charge in [0.2, 0.25) is 10.0 Å². The molecule has 3 rings (SSSR count). The van der Waals surface area contributed by atoms with Gasteiger partial charge < -0.3 is 0 Å². The second-order valence-electron chi connectivity index (χ2n) is 6.50. The van der Waals surface area contributed by atoms with Gasteiger partial charge in [-0.25, -0.2) is 18.1 Å². The Morgan fingerprint density at radius 1 is 1.17 bits per heavy atom. The number of benzene rings is 2. The van der Waals surface area contributed by atoms with E-state index in [-0.39, 0.29) is 16.4 Å². The molecular weight excluding hydrogens is 453 g/mol. The Bertz CT molecular complexity index is 1180. The molecule has 1 atom stereocenters. The van der Waals surface area contributed by atoms with Crippen LogP contribution in [0.25, 0.3) is 11.0 Å². The molecule has 3 aromatic rings. The van der Waals surface area contributed by atoms with Crippen molar-refractivity contribution in [3.8, 4) is 0 Å². The van der Waals surface area contributed by atoms with Crippen LogP contribution in [0.4, 0.5) is 22.0 Å². The molecule has 0 saturated heterocycles. The van der Waals surface area contributed by atoms with Crippen LogP contribution >= 0.6 is 11.6 Å². The number of imidazole rings is 1. The Morgan fingerprint density at radius 2 is 1.83 bits per heavy atom. The molecule has 30 heavy (non-hydrogen) atoms. The van der Waals surface area contributed by atoms with E-state index in [1.165, 1.54) is 19.1 Å². The maximum atomic E-state index is 13.6. The first kappa shape index (κ1) is 22.4. The Morgan fingerprint density at radius 3 is 2.47 bits per heavy atom. The first-order valence-electron chi connectivity index (χ1n) is 8.53. The molecule has 0 aliphatic heterocycles. The molecule has 0 amide bonds. The fourth-order valence-corrected chi connectivity index (χ4v) is 4.49. The van der Waals surface area contributed by atoms with E-state index in [1.54, 1.807) is 12.1 Å². The van der Waals surface area contributed by atoms with Gasteiger partial charge in [0, 0.05) is 17.5 Å². The largest absolute Gasteiger partial charge is 0.417 e. The van der Waals surface area contributed by atoms with Crippen LogP contribution < -0.4 is 4.72 Å². The average Bonchev–Trinajstić information content (AvgIpc) is 3.05. The van der Waals surface area contributed by atoms with Crippen molar-refractivity contribution in [3.05, 3.63) is 58.9 Å². The van der Waals surface area contributed by atoms with Gasteiger partial charge in [-0.2, -0.15) is 22.0 Å². The summed E-state index contributed by atoms with van der Waals surface area (Å²) in [6.07, 6.45) is -4.95. The van der Waals surface area contributed by atoms with Gasteiger partial charge in [-0.3, -0.25) is 4.57 Å². The number of alkyl halides is 5. The van der Waals surface area contributed by atoms with Gasteiger partial charge >= 0.3 is 12.7 Å². The number of rotatable bonds is 6. The zero-order valence-electron chi connectivity index (χ0n) is 15.3. The minimum Gasteiger partial charge on any atom is -0.270 e. The van der Waals surface area contributed by atoms with Crippen LogP contribution in [-0.2, 0) is 16.2 Å². The molecule has 1 aromatic heterocycles. The van der Waals surface area contributed by atoms with Crippen molar-refractivity contribution in [2.24, 2.45) is 0 Å². The highest BCUT2D eigenvalue weighted by molar-refractivity contribution is 7.89. The molecule has 5 nitrogen and oxygen atoms in total. The Kier molecular flexibility index (Phi) is 6.08. The number of aromatic nitrogens is 2. The number of para-hydroxylation sites is 2. The number of nitrogens with zero attached hydrogens (tertiary/aromatic N) is 2. The summed E-state index contributed by atoms with van der Waals surface area (Å²) in [5.41, 5.74) is -0.969. The molecule has 0 fully saturated rings. The quantitative estimate of drug-likeness (QED) is 0.508. The van der Waals surface area contributed by atoms with Crippen molar-refractivity contribution in [1.82, 2.24) is 14.3 Å². The lowest BCUT2D eigenvalue weighted by molar-refractivity contribution is -0.139. The molecule has 2 aromatic carbocycles. The van der Waals surface area contributed by atoms with Gasteiger partial charge in [0.25, 0.3) is 0 Å². The molecule has 162 valence electrons. The summed E-state index contributed by atoms with van der Waals surface area (Å²) in [6, 6.07) is 8.41. The van der Waals surface area contributed by atoms with Crippen LogP contribution in [0.5, 0.6) is 0 Å². The summed E-state index contributed by atoms with van der Waals surface area (Å²) in [7, 11) is -4.61. The smallest absolute Gasteiger partial charge is 0.270 e. The normalized spacial score (nSPS) is 13.9. The summed E-state index contributed by atoms with van der Waals surface area (Å²) >= 11 is 5.57. The zero-order chi connectivity index (χ0) is 22.3. The highest BCUT2D eigenvalue weighted by Crippen LogP contribution is 2.36. The molecule has 0 radical (unpaired) electrons. The highest BCUT2D eigenvalue weighted by atomic mass is 35.5. The van der Waals surface area contributed by atoms with Crippen molar-refractivity contribution in [3.63, 3.8) is 0 Å². The van der Waals surface area contributed by atoms with Crippen molar-refractivity contribution in [1.29, 1.82) is 0 Å². The van der Waals surface area contributed by atoms with E-state index in [9.17, 15) is 30.4 Å². The van der Waals surface area contributed by atoms with Gasteiger partial charge in [-0.1, -0.05) is 30.7 Å². The third-order valence-electron chi connectivity index (χ3n) is 4.38. The van der Waals surface area contributed by atoms with Crippen LogP contribution in [0.1, 0.15) is 30.8 Å². The van der Waals surface area contributed by atoms with E-state index in [0.29, 0.717) is 16.2 Å². The minimum atomic E-state index is -4.95. The van der Waals surface area contributed by atoms with Crippen molar-refractivity contribution in [2.75, 3.05) is 6.54 Å². The number of halogens is 6. The first-order valence-corrected chi connectivity index (χ1v) is 10.4. The summed E-state index contributed by atoms with van der Waals surface area (Å²) < 4.78 is 94.6. The average molecular weight is 468 g/mol. The van der Waals surface area contributed by atoms with Crippen molar-refractivity contribution in [2.45, 2.75) is 30.5 Å². The predicted molar refractivity (Wildman–Crippen MR) is 101 cm³/mol. The third-order valence-corrected chi connectivity index (χ3v) is 6.09. The maximum absolute atomic E-state index is 13.6. The molecule has 0 aliphatic carbocycles. The minimum absolute atomic E-state index is 0.0962. The van der Waals surface area contributed by atoms with Crippen LogP contribution in [0.3, 0.4) is 0 Å². The van der Waals surface area contributed by atoms with E-state index in [2.05, 4.69) is 4.98 Å². The molecule has 0 aliphatic rings. The lowest BCUT2D eigenvalue weighted by Crippen LogP contribution is -2.30. The Hall–Kier alpha value is -2.24. The van der Waals surface area contributed by atoms with Gasteiger partial charge in [0.05, 0.1) is 21.5 Å². The Balaban J connectivity index is 1.91. The van der Waals surface area contributed by atoms with Crippen molar-refractivity contribution < 1.29 is 30.4 Å². The maximum Gasteiger partial charge on any atom is 0.417 e. The number of nitrogens with one attached hydrogen (secondary N) is 1. The fraction of sp³-hybridized carbons (Fsp3) is 0.278. The summed E-state index contributed by atoms with van der Waals surface area (Å²) in [6.45, 7) is -1.94. The standard InChI is InChI=1S/C18H15ClF5N3O2S/c1-10(16-26-13-4-2-3-5-14(13)27(16)17(20)21)9-25-30(28,29)15-7-6-11(19)8-12(15)18(22,23)24/h2-8,10,17,25H,9H2,1H3/t10-/m1/s1. The van der Waals surface area contributed by atoms with Gasteiger partial charge in [0.15, 0.2) is 0 Å². The molecule has 0 spiro atoms. The van der Waals surface area contributed by atoms with Crippen LogP contribution in [-0.4, -0.2) is 24.5 Å². The number of hydrogen-bond acceptors (Lipinski definition) is 3. The molecule has 1 N–H and O–H groups in total. The second-order valence-corrected chi connectivity index (χ2v) is 8.67. The van der Waals surface area contributed by atoms with Gasteiger partial charge in [0.1, 0.15) is 5.82 Å². The third kappa shape index (κ3) is 4.42. The fourth-order valence-electron chi connectivity index (χ4n) is 2.98. The predicted octanol–water partition coefficient (Wildman–Crippen LogP) is 5.19. The monoisotopic (exact) mass is 467 g/mol. The molecule has 12 heteroatoms. The van der Waals surface area contributed by atoms with E-state index in [1.807, 2.05) is 4.72 Å². The molecule has 0 saturated carbocycles.